The van der Waals surface area contributed by atoms with E-state index in [4.69, 9.17) is 10.4 Å². The van der Waals surface area contributed by atoms with Gasteiger partial charge in [-0.15, -0.1) is 11.3 Å². The van der Waals surface area contributed by atoms with E-state index >= 15 is 0 Å². The Morgan fingerprint density at radius 2 is 2.32 bits per heavy atom. The van der Waals surface area contributed by atoms with Crippen molar-refractivity contribution >= 4 is 21.4 Å². The molecule has 0 aliphatic rings. The Balaban J connectivity index is 2.73. The molecule has 0 spiro atoms. The lowest BCUT2D eigenvalue weighted by Gasteiger charge is -2.06. The van der Waals surface area contributed by atoms with Crippen molar-refractivity contribution < 1.29 is 13.5 Å². The number of hydrogen-bond donors (Lipinski definition) is 2. The first-order valence-corrected chi connectivity index (χ1v) is 7.98. The summed E-state index contributed by atoms with van der Waals surface area (Å²) < 4.78 is 25.6. The van der Waals surface area contributed by atoms with Gasteiger partial charge < -0.3 is 5.11 Å². The minimum Gasteiger partial charge on any atom is -0.395 e. The van der Waals surface area contributed by atoms with E-state index in [1.54, 1.807) is 12.1 Å². The second kappa shape index (κ2) is 7.27. The van der Waals surface area contributed by atoms with Crippen molar-refractivity contribution in [3.05, 3.63) is 21.9 Å². The molecule has 1 heterocycles. The van der Waals surface area contributed by atoms with Crippen molar-refractivity contribution in [1.29, 1.82) is 5.26 Å². The van der Waals surface area contributed by atoms with Gasteiger partial charge in [0.1, 0.15) is 0 Å². The Morgan fingerprint density at radius 1 is 1.58 bits per heavy atom. The molecule has 0 bridgehead atoms. The Bertz CT molecular complexity index is 617. The average Bonchev–Trinajstić information content (AvgIpc) is 2.83. The third-order valence-electron chi connectivity index (χ3n) is 2.29. The number of hydrogen-bond acceptors (Lipinski definition) is 5. The van der Waals surface area contributed by atoms with E-state index in [9.17, 15) is 8.42 Å². The van der Waals surface area contributed by atoms with Crippen molar-refractivity contribution in [3.8, 4) is 17.9 Å². The predicted molar refractivity (Wildman–Crippen MR) is 73.7 cm³/mol. The second-order valence-electron chi connectivity index (χ2n) is 3.67. The molecule has 0 aliphatic carbocycles. The minimum atomic E-state index is -3.62. The number of nitrogens with zero attached hydrogens (tertiary/aromatic N) is 1. The number of aliphatic hydroxyl groups is 1. The topological polar surface area (TPSA) is 90.2 Å². The Labute approximate surface area is 116 Å². The zero-order valence-corrected chi connectivity index (χ0v) is 12.0. The Kier molecular flexibility index (Phi) is 6.00. The first kappa shape index (κ1) is 15.7. The van der Waals surface area contributed by atoms with Crippen LogP contribution in [0.15, 0.2) is 11.4 Å². The van der Waals surface area contributed by atoms with Gasteiger partial charge in [-0.05, 0) is 18.4 Å². The van der Waals surface area contributed by atoms with Crippen LogP contribution in [0, 0.1) is 23.2 Å². The van der Waals surface area contributed by atoms with E-state index < -0.39 is 15.3 Å². The van der Waals surface area contributed by atoms with Crippen LogP contribution in [-0.2, 0) is 16.6 Å². The summed E-state index contributed by atoms with van der Waals surface area (Å²) in [6.07, 6.45) is 0.381. The molecule has 7 heteroatoms. The molecule has 1 aromatic rings. The smallest absolute Gasteiger partial charge is 0.228 e. The summed E-state index contributed by atoms with van der Waals surface area (Å²) in [4.78, 5) is 0.791. The molecular formula is C12H14N2O3S2. The molecule has 5 nitrogen and oxygen atoms in total. The van der Waals surface area contributed by atoms with Gasteiger partial charge in [-0.2, -0.15) is 5.26 Å². The van der Waals surface area contributed by atoms with Crippen molar-refractivity contribution in [3.63, 3.8) is 0 Å². The lowest BCUT2D eigenvalue weighted by molar-refractivity contribution is 0.305. The van der Waals surface area contributed by atoms with E-state index in [1.165, 1.54) is 18.3 Å². The van der Waals surface area contributed by atoms with Gasteiger partial charge >= 0.3 is 0 Å². The molecular weight excluding hydrogens is 284 g/mol. The van der Waals surface area contributed by atoms with Crippen molar-refractivity contribution in [2.75, 3.05) is 6.61 Å². The van der Waals surface area contributed by atoms with E-state index in [0.717, 1.165) is 10.4 Å². The first-order chi connectivity index (χ1) is 9.01. The Morgan fingerprint density at radius 3 is 2.95 bits per heavy atom. The van der Waals surface area contributed by atoms with Crippen LogP contribution in [-0.4, -0.2) is 25.4 Å². The standard InChI is InChI=1S/C12H14N2O3S2/c1-10(8-13)19(16,17)14-9-12-11(5-7-18-12)4-2-3-6-15/h5,7,10,14-15H,3,6,9H2,1H3. The van der Waals surface area contributed by atoms with Gasteiger partial charge in [0.05, 0.1) is 12.7 Å². The van der Waals surface area contributed by atoms with Crippen molar-refractivity contribution in [1.82, 2.24) is 4.72 Å². The largest absolute Gasteiger partial charge is 0.395 e. The monoisotopic (exact) mass is 298 g/mol. The molecule has 1 unspecified atom stereocenters. The SMILES string of the molecule is CC(C#N)S(=O)(=O)NCc1sccc1C#CCCO. The zero-order valence-electron chi connectivity index (χ0n) is 10.4. The molecule has 0 saturated heterocycles. The minimum absolute atomic E-state index is 0.00121. The molecule has 0 radical (unpaired) electrons. The normalized spacial score (nSPS) is 12.3. The van der Waals surface area contributed by atoms with Crippen LogP contribution in [0.25, 0.3) is 0 Å². The van der Waals surface area contributed by atoms with Crippen LogP contribution >= 0.6 is 11.3 Å². The highest BCUT2D eigenvalue weighted by atomic mass is 32.2. The molecule has 0 amide bonds. The van der Waals surface area contributed by atoms with E-state index in [0.29, 0.717) is 6.42 Å². The highest BCUT2D eigenvalue weighted by Gasteiger charge is 2.19. The molecule has 1 atom stereocenters. The molecule has 0 aliphatic heterocycles. The fourth-order valence-corrected chi connectivity index (χ4v) is 2.76. The van der Waals surface area contributed by atoms with E-state index in [-0.39, 0.29) is 13.2 Å². The summed E-state index contributed by atoms with van der Waals surface area (Å²) in [5.41, 5.74) is 0.741. The maximum absolute atomic E-state index is 11.6. The fourth-order valence-electron chi connectivity index (χ4n) is 1.16. The third-order valence-corrected chi connectivity index (χ3v) is 4.79. The number of thiophene rings is 1. The van der Waals surface area contributed by atoms with Gasteiger partial charge in [-0.3, -0.25) is 0 Å². The predicted octanol–water partition coefficient (Wildman–Crippen LogP) is 0.813. The molecule has 1 rings (SSSR count). The van der Waals surface area contributed by atoms with Crippen LogP contribution in [0.5, 0.6) is 0 Å². The fraction of sp³-hybridized carbons (Fsp3) is 0.417. The van der Waals surface area contributed by atoms with Gasteiger partial charge in [0.2, 0.25) is 10.0 Å². The number of rotatable bonds is 5. The summed E-state index contributed by atoms with van der Waals surface area (Å²) in [5.74, 6) is 5.66. The number of nitriles is 1. The van der Waals surface area contributed by atoms with Gasteiger partial charge in [0, 0.05) is 23.4 Å². The molecule has 2 N–H and O–H groups in total. The van der Waals surface area contributed by atoms with Crippen molar-refractivity contribution in [2.45, 2.75) is 25.1 Å². The molecule has 0 saturated carbocycles. The molecule has 19 heavy (non-hydrogen) atoms. The second-order valence-corrected chi connectivity index (χ2v) is 6.76. The third kappa shape index (κ3) is 4.66. The highest BCUT2D eigenvalue weighted by Crippen LogP contribution is 2.16. The van der Waals surface area contributed by atoms with Crippen LogP contribution in [0.3, 0.4) is 0 Å². The van der Waals surface area contributed by atoms with Crippen LogP contribution < -0.4 is 4.72 Å². The maximum atomic E-state index is 11.6. The Hall–Kier alpha value is -1.38. The summed E-state index contributed by atoms with van der Waals surface area (Å²) in [6.45, 7) is 1.45. The number of aliphatic hydroxyl groups excluding tert-OH is 1. The molecule has 1 aromatic heterocycles. The summed E-state index contributed by atoms with van der Waals surface area (Å²) >= 11 is 1.39. The van der Waals surface area contributed by atoms with Crippen LogP contribution in [0.1, 0.15) is 23.8 Å². The first-order valence-electron chi connectivity index (χ1n) is 5.55. The summed E-state index contributed by atoms with van der Waals surface area (Å²) in [5, 5.41) is 18.0. The van der Waals surface area contributed by atoms with Gasteiger partial charge in [0.15, 0.2) is 5.25 Å². The molecule has 0 fully saturated rings. The molecule has 0 aromatic carbocycles. The summed E-state index contributed by atoms with van der Waals surface area (Å²) in [6, 6.07) is 3.49. The molecule has 102 valence electrons. The van der Waals surface area contributed by atoms with Gasteiger partial charge in [-0.25, -0.2) is 13.1 Å². The average molecular weight is 298 g/mol. The van der Waals surface area contributed by atoms with Gasteiger partial charge in [-0.1, -0.05) is 11.8 Å². The highest BCUT2D eigenvalue weighted by molar-refractivity contribution is 7.90. The van der Waals surface area contributed by atoms with E-state index in [1.807, 2.05) is 5.38 Å². The maximum Gasteiger partial charge on any atom is 0.228 e. The van der Waals surface area contributed by atoms with Crippen LogP contribution in [0.2, 0.25) is 0 Å². The van der Waals surface area contributed by atoms with Crippen molar-refractivity contribution in [2.24, 2.45) is 0 Å². The zero-order chi connectivity index (χ0) is 14.3. The quantitative estimate of drug-likeness (QED) is 0.787. The lowest BCUT2D eigenvalue weighted by atomic mass is 10.2. The lowest BCUT2D eigenvalue weighted by Crippen LogP contribution is -2.31. The van der Waals surface area contributed by atoms with Gasteiger partial charge in [0.25, 0.3) is 0 Å². The number of nitrogens with one attached hydrogen (secondary N) is 1. The number of sulfonamides is 1. The van der Waals surface area contributed by atoms with Crippen LogP contribution in [0.4, 0.5) is 0 Å². The van der Waals surface area contributed by atoms with E-state index in [2.05, 4.69) is 16.6 Å². The summed E-state index contributed by atoms with van der Waals surface area (Å²) in [7, 11) is -3.62.